The van der Waals surface area contributed by atoms with Crippen molar-refractivity contribution in [1.82, 2.24) is 10.2 Å². The largest absolute Gasteiger partial charge is 0.383 e. The molecule has 106 valence electrons. The van der Waals surface area contributed by atoms with E-state index in [1.165, 1.54) is 12.8 Å². The van der Waals surface area contributed by atoms with Crippen molar-refractivity contribution in [2.24, 2.45) is 5.92 Å². The molecule has 1 amide bonds. The van der Waals surface area contributed by atoms with E-state index < -0.39 is 0 Å². The molecule has 2 atom stereocenters. The molecule has 1 aliphatic rings. The first-order chi connectivity index (χ1) is 8.60. The van der Waals surface area contributed by atoms with Gasteiger partial charge in [-0.1, -0.05) is 6.92 Å². The van der Waals surface area contributed by atoms with Gasteiger partial charge in [-0.3, -0.25) is 4.79 Å². The highest BCUT2D eigenvalue weighted by Crippen LogP contribution is 2.35. The van der Waals surface area contributed by atoms with Crippen LogP contribution in [0.25, 0.3) is 0 Å². The molecule has 0 aromatic heterocycles. The number of carbonyl (C=O) groups is 1. The van der Waals surface area contributed by atoms with Crippen LogP contribution in [0.15, 0.2) is 0 Å². The van der Waals surface area contributed by atoms with Crippen molar-refractivity contribution in [2.75, 3.05) is 26.8 Å². The maximum atomic E-state index is 12.3. The molecule has 1 rings (SSSR count). The average molecular weight is 256 g/mol. The van der Waals surface area contributed by atoms with Crippen molar-refractivity contribution in [2.45, 2.75) is 52.1 Å². The Hall–Kier alpha value is -0.610. The molecule has 2 unspecified atom stereocenters. The summed E-state index contributed by atoms with van der Waals surface area (Å²) in [6, 6.07) is 0.751. The van der Waals surface area contributed by atoms with Crippen molar-refractivity contribution < 1.29 is 9.53 Å². The number of nitrogens with zero attached hydrogens (tertiary/aromatic N) is 1. The summed E-state index contributed by atoms with van der Waals surface area (Å²) in [6.45, 7) is 8.15. The van der Waals surface area contributed by atoms with Crippen LogP contribution in [0.3, 0.4) is 0 Å². The molecular weight excluding hydrogens is 228 g/mol. The first-order valence-corrected chi connectivity index (χ1v) is 7.11. The number of amides is 1. The van der Waals surface area contributed by atoms with Crippen LogP contribution in [-0.2, 0) is 9.53 Å². The van der Waals surface area contributed by atoms with Crippen molar-refractivity contribution in [3.8, 4) is 0 Å². The molecule has 1 N–H and O–H groups in total. The van der Waals surface area contributed by atoms with E-state index in [0.717, 1.165) is 6.42 Å². The van der Waals surface area contributed by atoms with Gasteiger partial charge in [0.2, 0.25) is 5.91 Å². The number of rotatable bonds is 9. The van der Waals surface area contributed by atoms with Crippen LogP contribution in [-0.4, -0.2) is 49.7 Å². The van der Waals surface area contributed by atoms with Gasteiger partial charge in [-0.2, -0.15) is 0 Å². The zero-order valence-corrected chi connectivity index (χ0v) is 12.2. The zero-order chi connectivity index (χ0) is 13.5. The molecule has 1 aliphatic carbocycles. The molecule has 0 aliphatic heterocycles. The van der Waals surface area contributed by atoms with E-state index in [2.05, 4.69) is 26.1 Å². The molecule has 0 saturated heterocycles. The quantitative estimate of drug-likeness (QED) is 0.682. The van der Waals surface area contributed by atoms with Gasteiger partial charge in [0.25, 0.3) is 0 Å². The average Bonchev–Trinajstić information content (AvgIpc) is 3.20. The lowest BCUT2D eigenvalue weighted by Crippen LogP contribution is -2.47. The van der Waals surface area contributed by atoms with Crippen LogP contribution in [0.2, 0.25) is 0 Å². The van der Waals surface area contributed by atoms with Crippen LogP contribution < -0.4 is 5.32 Å². The van der Waals surface area contributed by atoms with Gasteiger partial charge in [-0.05, 0) is 39.0 Å². The fourth-order valence-corrected chi connectivity index (χ4v) is 2.09. The summed E-state index contributed by atoms with van der Waals surface area (Å²) in [5.74, 6) is 0.904. The van der Waals surface area contributed by atoms with E-state index in [-0.39, 0.29) is 5.91 Å². The van der Waals surface area contributed by atoms with Crippen molar-refractivity contribution in [3.63, 3.8) is 0 Å². The standard InChI is InChI=1S/C14H28N2O2/c1-5-11(2)15-10-14(17)16(8-9-18-4)12(3)13-6-7-13/h11-13,15H,5-10H2,1-4H3. The van der Waals surface area contributed by atoms with Crippen molar-refractivity contribution >= 4 is 5.91 Å². The van der Waals surface area contributed by atoms with Gasteiger partial charge in [0.05, 0.1) is 13.2 Å². The van der Waals surface area contributed by atoms with Crippen LogP contribution in [0.4, 0.5) is 0 Å². The predicted octanol–water partition coefficient (Wildman–Crippen LogP) is 1.65. The highest BCUT2D eigenvalue weighted by atomic mass is 16.5. The smallest absolute Gasteiger partial charge is 0.236 e. The molecule has 1 fully saturated rings. The van der Waals surface area contributed by atoms with Gasteiger partial charge < -0.3 is 15.0 Å². The minimum absolute atomic E-state index is 0.201. The Bertz CT molecular complexity index is 254. The number of hydrogen-bond acceptors (Lipinski definition) is 3. The Morgan fingerprint density at radius 3 is 2.61 bits per heavy atom. The highest BCUT2D eigenvalue weighted by molar-refractivity contribution is 5.78. The monoisotopic (exact) mass is 256 g/mol. The van der Waals surface area contributed by atoms with Gasteiger partial charge in [-0.25, -0.2) is 0 Å². The first kappa shape index (κ1) is 15.4. The highest BCUT2D eigenvalue weighted by Gasteiger charge is 2.33. The molecule has 1 saturated carbocycles. The topological polar surface area (TPSA) is 41.6 Å². The Morgan fingerprint density at radius 2 is 2.11 bits per heavy atom. The van der Waals surface area contributed by atoms with Crippen molar-refractivity contribution in [3.05, 3.63) is 0 Å². The third-order valence-electron chi connectivity index (χ3n) is 3.87. The third kappa shape index (κ3) is 4.94. The SMILES string of the molecule is CCC(C)NCC(=O)N(CCOC)C(C)C1CC1. The molecule has 0 heterocycles. The summed E-state index contributed by atoms with van der Waals surface area (Å²) in [6.07, 6.45) is 3.57. The lowest BCUT2D eigenvalue weighted by Gasteiger charge is -2.30. The Labute approximate surface area is 111 Å². The molecule has 0 spiro atoms. The molecule has 18 heavy (non-hydrogen) atoms. The van der Waals surface area contributed by atoms with Gasteiger partial charge in [0, 0.05) is 25.7 Å². The Morgan fingerprint density at radius 1 is 1.44 bits per heavy atom. The summed E-state index contributed by atoms with van der Waals surface area (Å²) in [5, 5.41) is 3.27. The van der Waals surface area contributed by atoms with E-state index in [4.69, 9.17) is 4.74 Å². The summed E-state index contributed by atoms with van der Waals surface area (Å²) in [4.78, 5) is 14.2. The lowest BCUT2D eigenvalue weighted by atomic mass is 10.1. The zero-order valence-electron chi connectivity index (χ0n) is 12.2. The lowest BCUT2D eigenvalue weighted by molar-refractivity contribution is -0.133. The molecule has 4 nitrogen and oxygen atoms in total. The van der Waals surface area contributed by atoms with E-state index in [9.17, 15) is 4.79 Å². The Kier molecular flexibility index (Phi) is 6.65. The minimum atomic E-state index is 0.201. The number of carbonyl (C=O) groups excluding carboxylic acids is 1. The number of methoxy groups -OCH3 is 1. The maximum Gasteiger partial charge on any atom is 0.236 e. The van der Waals surface area contributed by atoms with Crippen LogP contribution in [0.1, 0.15) is 40.0 Å². The van der Waals surface area contributed by atoms with Gasteiger partial charge in [0.1, 0.15) is 0 Å². The van der Waals surface area contributed by atoms with Gasteiger partial charge in [0.15, 0.2) is 0 Å². The number of hydrogen-bond donors (Lipinski definition) is 1. The van der Waals surface area contributed by atoms with Crippen molar-refractivity contribution in [1.29, 1.82) is 0 Å². The van der Waals surface area contributed by atoms with E-state index in [0.29, 0.717) is 37.7 Å². The molecule has 0 bridgehead atoms. The summed E-state index contributed by atoms with van der Waals surface area (Å²) in [5.41, 5.74) is 0. The molecule has 4 heteroatoms. The second kappa shape index (κ2) is 7.74. The molecule has 0 aromatic rings. The Balaban J connectivity index is 2.44. The molecule has 0 aromatic carbocycles. The van der Waals surface area contributed by atoms with Crippen LogP contribution in [0.5, 0.6) is 0 Å². The number of ether oxygens (including phenoxy) is 1. The minimum Gasteiger partial charge on any atom is -0.383 e. The van der Waals surface area contributed by atoms with Gasteiger partial charge >= 0.3 is 0 Å². The number of nitrogens with one attached hydrogen (secondary N) is 1. The second-order valence-corrected chi connectivity index (χ2v) is 5.35. The first-order valence-electron chi connectivity index (χ1n) is 7.11. The van der Waals surface area contributed by atoms with E-state index in [1.54, 1.807) is 7.11 Å². The summed E-state index contributed by atoms with van der Waals surface area (Å²) in [7, 11) is 1.68. The fourth-order valence-electron chi connectivity index (χ4n) is 2.09. The van der Waals surface area contributed by atoms with E-state index in [1.807, 2.05) is 4.90 Å². The predicted molar refractivity (Wildman–Crippen MR) is 73.5 cm³/mol. The summed E-state index contributed by atoms with van der Waals surface area (Å²) >= 11 is 0. The normalized spacial score (nSPS) is 18.4. The van der Waals surface area contributed by atoms with Crippen LogP contribution in [0, 0.1) is 5.92 Å². The fraction of sp³-hybridized carbons (Fsp3) is 0.929. The molecular formula is C14H28N2O2. The summed E-state index contributed by atoms with van der Waals surface area (Å²) < 4.78 is 5.11. The second-order valence-electron chi connectivity index (χ2n) is 5.35. The third-order valence-corrected chi connectivity index (χ3v) is 3.87. The molecule has 0 radical (unpaired) electrons. The van der Waals surface area contributed by atoms with Gasteiger partial charge in [-0.15, -0.1) is 0 Å². The van der Waals surface area contributed by atoms with Crippen LogP contribution >= 0.6 is 0 Å². The van der Waals surface area contributed by atoms with E-state index >= 15 is 0 Å². The maximum absolute atomic E-state index is 12.3.